The number of benzene rings is 2. The van der Waals surface area contributed by atoms with Gasteiger partial charge < -0.3 is 5.32 Å². The van der Waals surface area contributed by atoms with Crippen molar-refractivity contribution in [2.75, 3.05) is 0 Å². The fraction of sp³-hybridized carbons (Fsp3) is 0.167. The van der Waals surface area contributed by atoms with E-state index in [1.165, 1.54) is 16.9 Å². The van der Waals surface area contributed by atoms with Crippen LogP contribution in [0.5, 0.6) is 0 Å². The lowest BCUT2D eigenvalue weighted by molar-refractivity contribution is 0.0950. The topological polar surface area (TPSA) is 54.9 Å². The first-order chi connectivity index (χ1) is 12.1. The summed E-state index contributed by atoms with van der Waals surface area (Å²) in [5.41, 5.74) is 2.27. The summed E-state index contributed by atoms with van der Waals surface area (Å²) in [6, 6.07) is 16.2. The van der Waals surface area contributed by atoms with Crippen molar-refractivity contribution in [3.8, 4) is 0 Å². The van der Waals surface area contributed by atoms with Gasteiger partial charge in [0.25, 0.3) is 5.91 Å². The number of nitrogens with zero attached hydrogens (tertiary/aromatic N) is 2. The molecule has 0 aliphatic carbocycles. The molecule has 0 atom stereocenters. The van der Waals surface area contributed by atoms with Crippen molar-refractivity contribution in [3.63, 3.8) is 0 Å². The van der Waals surface area contributed by atoms with Crippen molar-refractivity contribution >= 4 is 44.9 Å². The lowest BCUT2D eigenvalue weighted by Gasteiger charge is -2.03. The highest BCUT2D eigenvalue weighted by molar-refractivity contribution is 9.10. The second kappa shape index (κ2) is 8.60. The molecule has 1 aromatic heterocycles. The van der Waals surface area contributed by atoms with Crippen molar-refractivity contribution in [2.24, 2.45) is 0 Å². The molecule has 4 nitrogen and oxygen atoms in total. The molecule has 0 aliphatic rings. The Labute approximate surface area is 163 Å². The molecule has 0 saturated heterocycles. The summed E-state index contributed by atoms with van der Waals surface area (Å²) in [5.74, 6) is 0.517. The summed E-state index contributed by atoms with van der Waals surface area (Å²) in [7, 11) is 0. The van der Waals surface area contributed by atoms with Gasteiger partial charge in [0, 0.05) is 15.9 Å². The van der Waals surface area contributed by atoms with E-state index >= 15 is 0 Å². The quantitative estimate of drug-likeness (QED) is 0.565. The third-order valence-electron chi connectivity index (χ3n) is 3.41. The van der Waals surface area contributed by atoms with E-state index in [1.54, 1.807) is 11.8 Å². The zero-order chi connectivity index (χ0) is 17.6. The molecule has 3 aromatic rings. The van der Waals surface area contributed by atoms with Gasteiger partial charge in [-0.2, -0.15) is 0 Å². The molecule has 3 rings (SSSR count). The third-order valence-corrected chi connectivity index (χ3v) is 6.07. The predicted molar refractivity (Wildman–Crippen MR) is 106 cm³/mol. The molecule has 0 saturated carbocycles. The Morgan fingerprint density at radius 3 is 2.56 bits per heavy atom. The molecular formula is C18H16BrN3OS2. The molecule has 2 aromatic carbocycles. The predicted octanol–water partition coefficient (Wildman–Crippen LogP) is 4.83. The van der Waals surface area contributed by atoms with Crippen LogP contribution in [0.25, 0.3) is 0 Å². The number of hydrogen-bond donors (Lipinski definition) is 1. The largest absolute Gasteiger partial charge is 0.346 e. The van der Waals surface area contributed by atoms with E-state index in [1.807, 2.05) is 55.5 Å². The molecule has 1 amide bonds. The molecular weight excluding hydrogens is 418 g/mol. The summed E-state index contributed by atoms with van der Waals surface area (Å²) >= 11 is 6.43. The molecule has 128 valence electrons. The van der Waals surface area contributed by atoms with Crippen LogP contribution in [-0.2, 0) is 12.3 Å². The van der Waals surface area contributed by atoms with Crippen LogP contribution >= 0.6 is 39.0 Å². The summed E-state index contributed by atoms with van der Waals surface area (Å²) in [6.45, 7) is 2.53. The first kappa shape index (κ1) is 18.1. The van der Waals surface area contributed by atoms with Gasteiger partial charge in [0.1, 0.15) is 5.01 Å². The highest BCUT2D eigenvalue weighted by Crippen LogP contribution is 2.25. The number of halogens is 1. The Kier molecular flexibility index (Phi) is 6.23. The standard InChI is InChI=1S/C18H16BrN3OS2/c1-12-2-4-13(5-3-12)10-20-17(23)18-22-21-16(25-18)11-24-15-8-6-14(19)7-9-15/h2-9H,10-11H2,1H3,(H,20,23). The van der Waals surface area contributed by atoms with E-state index in [0.29, 0.717) is 17.3 Å². The van der Waals surface area contributed by atoms with E-state index in [2.05, 4.69) is 31.4 Å². The van der Waals surface area contributed by atoms with Gasteiger partial charge in [0.05, 0.1) is 5.75 Å². The molecule has 0 bridgehead atoms. The average Bonchev–Trinajstić information content (AvgIpc) is 3.10. The highest BCUT2D eigenvalue weighted by atomic mass is 79.9. The first-order valence-electron chi connectivity index (χ1n) is 7.64. The van der Waals surface area contributed by atoms with Crippen molar-refractivity contribution in [1.29, 1.82) is 0 Å². The smallest absolute Gasteiger partial charge is 0.282 e. The maximum atomic E-state index is 12.2. The number of carbonyl (C=O) groups excluding carboxylic acids is 1. The second-order valence-electron chi connectivity index (χ2n) is 5.41. The molecule has 0 aliphatic heterocycles. The average molecular weight is 434 g/mol. The van der Waals surface area contributed by atoms with E-state index in [4.69, 9.17) is 0 Å². The number of aryl methyl sites for hydroxylation is 1. The minimum absolute atomic E-state index is 0.182. The Morgan fingerprint density at radius 2 is 1.84 bits per heavy atom. The van der Waals surface area contributed by atoms with Crippen LogP contribution in [0.15, 0.2) is 57.9 Å². The minimum Gasteiger partial charge on any atom is -0.346 e. The fourth-order valence-electron chi connectivity index (χ4n) is 2.04. The maximum absolute atomic E-state index is 12.2. The van der Waals surface area contributed by atoms with E-state index in [9.17, 15) is 4.79 Å². The Hall–Kier alpha value is -1.70. The summed E-state index contributed by atoms with van der Waals surface area (Å²) < 4.78 is 1.06. The molecule has 0 unspecified atom stereocenters. The van der Waals surface area contributed by atoms with Crippen molar-refractivity contribution < 1.29 is 4.79 Å². The van der Waals surface area contributed by atoms with Gasteiger partial charge in [-0.3, -0.25) is 4.79 Å². The van der Waals surface area contributed by atoms with E-state index in [0.717, 1.165) is 19.9 Å². The van der Waals surface area contributed by atoms with Crippen LogP contribution in [0.4, 0.5) is 0 Å². The van der Waals surface area contributed by atoms with Gasteiger partial charge in [-0.25, -0.2) is 0 Å². The summed E-state index contributed by atoms with van der Waals surface area (Å²) in [5, 5.41) is 12.2. The summed E-state index contributed by atoms with van der Waals surface area (Å²) in [6.07, 6.45) is 0. The van der Waals surface area contributed by atoms with Crippen molar-refractivity contribution in [3.05, 3.63) is 74.1 Å². The maximum Gasteiger partial charge on any atom is 0.282 e. The number of thioether (sulfide) groups is 1. The molecule has 0 radical (unpaired) electrons. The second-order valence-corrected chi connectivity index (χ2v) is 8.44. The van der Waals surface area contributed by atoms with Gasteiger partial charge in [-0.1, -0.05) is 57.1 Å². The molecule has 25 heavy (non-hydrogen) atoms. The molecule has 7 heteroatoms. The minimum atomic E-state index is -0.182. The molecule has 0 spiro atoms. The van der Waals surface area contributed by atoms with Crippen LogP contribution in [0, 0.1) is 6.92 Å². The van der Waals surface area contributed by atoms with E-state index < -0.39 is 0 Å². The van der Waals surface area contributed by atoms with Crippen LogP contribution < -0.4 is 5.32 Å². The zero-order valence-corrected chi connectivity index (χ0v) is 16.7. The molecule has 1 N–H and O–H groups in total. The number of nitrogens with one attached hydrogen (secondary N) is 1. The Morgan fingerprint density at radius 1 is 1.12 bits per heavy atom. The number of rotatable bonds is 6. The van der Waals surface area contributed by atoms with Crippen LogP contribution in [-0.4, -0.2) is 16.1 Å². The number of aromatic nitrogens is 2. The fourth-order valence-corrected chi connectivity index (χ4v) is 3.95. The van der Waals surface area contributed by atoms with Gasteiger partial charge in [-0.05, 0) is 36.8 Å². The lowest BCUT2D eigenvalue weighted by atomic mass is 10.1. The highest BCUT2D eigenvalue weighted by Gasteiger charge is 2.12. The number of carbonyl (C=O) groups is 1. The zero-order valence-electron chi connectivity index (χ0n) is 13.5. The van der Waals surface area contributed by atoms with E-state index in [-0.39, 0.29) is 5.91 Å². The Bertz CT molecular complexity index is 848. The van der Waals surface area contributed by atoms with Crippen LogP contribution in [0.3, 0.4) is 0 Å². The summed E-state index contributed by atoms with van der Waals surface area (Å²) in [4.78, 5) is 13.4. The van der Waals surface area contributed by atoms with Gasteiger partial charge in [0.15, 0.2) is 0 Å². The van der Waals surface area contributed by atoms with Crippen molar-refractivity contribution in [2.45, 2.75) is 24.1 Å². The lowest BCUT2D eigenvalue weighted by Crippen LogP contribution is -2.22. The third kappa shape index (κ3) is 5.39. The number of amides is 1. The SMILES string of the molecule is Cc1ccc(CNC(=O)c2nnc(CSc3ccc(Br)cc3)s2)cc1. The van der Waals surface area contributed by atoms with Crippen LogP contribution in [0.2, 0.25) is 0 Å². The first-order valence-corrected chi connectivity index (χ1v) is 10.2. The monoisotopic (exact) mass is 433 g/mol. The van der Waals surface area contributed by atoms with Crippen molar-refractivity contribution in [1.82, 2.24) is 15.5 Å². The molecule has 0 fully saturated rings. The normalized spacial score (nSPS) is 10.6. The van der Waals surface area contributed by atoms with Crippen LogP contribution in [0.1, 0.15) is 25.9 Å². The number of hydrogen-bond acceptors (Lipinski definition) is 5. The van der Waals surface area contributed by atoms with Gasteiger partial charge in [0.2, 0.25) is 5.01 Å². The van der Waals surface area contributed by atoms with Gasteiger partial charge in [-0.15, -0.1) is 22.0 Å². The Balaban J connectivity index is 1.52. The van der Waals surface area contributed by atoms with Gasteiger partial charge >= 0.3 is 0 Å². The molecule has 1 heterocycles.